The molecule has 0 aromatic carbocycles. The monoisotopic (exact) mass is 287 g/mol. The Morgan fingerprint density at radius 1 is 1.11 bits per heavy atom. The Balaban J connectivity index is 3.19. The predicted molar refractivity (Wildman–Crippen MR) is 76.5 cm³/mol. The maximum Gasteiger partial charge on any atom is 0.246 e. The molecule has 6 heteroatoms. The normalized spacial score (nSPS) is 12.9. The maximum absolute atomic E-state index is 12.8. The van der Waals surface area contributed by atoms with Crippen molar-refractivity contribution < 1.29 is 8.42 Å². The third-order valence-electron chi connectivity index (χ3n) is 2.80. The van der Waals surface area contributed by atoms with E-state index in [1.165, 1.54) is 0 Å². The van der Waals surface area contributed by atoms with Crippen molar-refractivity contribution in [3.05, 3.63) is 11.4 Å². The first kappa shape index (κ1) is 16.2. The van der Waals surface area contributed by atoms with Crippen molar-refractivity contribution in [1.82, 2.24) is 14.5 Å². The quantitative estimate of drug-likeness (QED) is 0.873. The van der Waals surface area contributed by atoms with E-state index in [1.54, 1.807) is 18.2 Å². The van der Waals surface area contributed by atoms with Crippen LogP contribution in [-0.2, 0) is 10.0 Å². The largest absolute Gasteiger partial charge is 0.281 e. The fourth-order valence-corrected chi connectivity index (χ4v) is 4.23. The minimum atomic E-state index is -3.47. The molecule has 0 amide bonds. The summed E-state index contributed by atoms with van der Waals surface area (Å²) in [6, 6.07) is 0. The van der Waals surface area contributed by atoms with Gasteiger partial charge in [0.1, 0.15) is 4.90 Å². The number of H-pyrrole nitrogens is 1. The fraction of sp³-hybridized carbons (Fsp3) is 0.769. The van der Waals surface area contributed by atoms with Gasteiger partial charge in [-0.2, -0.15) is 9.40 Å². The standard InChI is InChI=1S/C13H25N3O2S/c1-9(2)7-16(8-10(3)4)19(17,18)13-11(5)14-15-12(13)6/h9-10H,7-8H2,1-6H3,(H,14,15). The summed E-state index contributed by atoms with van der Waals surface area (Å²) >= 11 is 0. The van der Waals surface area contributed by atoms with Gasteiger partial charge in [0.25, 0.3) is 0 Å². The maximum atomic E-state index is 12.8. The van der Waals surface area contributed by atoms with Crippen molar-refractivity contribution in [3.8, 4) is 0 Å². The first-order chi connectivity index (χ1) is 8.66. The number of hydrogen-bond acceptors (Lipinski definition) is 3. The van der Waals surface area contributed by atoms with E-state index in [0.717, 1.165) is 0 Å². The molecule has 0 aliphatic carbocycles. The van der Waals surface area contributed by atoms with Gasteiger partial charge < -0.3 is 0 Å². The molecule has 1 N–H and O–H groups in total. The van der Waals surface area contributed by atoms with Gasteiger partial charge in [-0.05, 0) is 25.7 Å². The van der Waals surface area contributed by atoms with Crippen molar-refractivity contribution in [2.45, 2.75) is 46.4 Å². The Bertz CT molecular complexity index is 488. The van der Waals surface area contributed by atoms with Crippen LogP contribution in [-0.4, -0.2) is 36.0 Å². The van der Waals surface area contributed by atoms with Crippen molar-refractivity contribution >= 4 is 10.0 Å². The molecule has 0 aliphatic rings. The highest BCUT2D eigenvalue weighted by atomic mass is 32.2. The Labute approximate surface area is 116 Å². The molecule has 19 heavy (non-hydrogen) atoms. The van der Waals surface area contributed by atoms with Gasteiger partial charge in [-0.25, -0.2) is 8.42 Å². The summed E-state index contributed by atoms with van der Waals surface area (Å²) in [5.74, 6) is 0.585. The Kier molecular flexibility index (Phi) is 5.15. The van der Waals surface area contributed by atoms with Crippen LogP contribution in [0.1, 0.15) is 39.1 Å². The Hall–Kier alpha value is -0.880. The average Bonchev–Trinajstić information content (AvgIpc) is 2.56. The SMILES string of the molecule is Cc1n[nH]c(C)c1S(=O)(=O)N(CC(C)C)CC(C)C. The van der Waals surface area contributed by atoms with E-state index in [4.69, 9.17) is 0 Å². The van der Waals surface area contributed by atoms with Crippen LogP contribution >= 0.6 is 0 Å². The molecule has 0 aliphatic heterocycles. The van der Waals surface area contributed by atoms with Gasteiger partial charge in [-0.15, -0.1) is 0 Å². The van der Waals surface area contributed by atoms with Crippen LogP contribution in [0, 0.1) is 25.7 Å². The number of nitrogens with zero attached hydrogens (tertiary/aromatic N) is 2. The highest BCUT2D eigenvalue weighted by Gasteiger charge is 2.30. The first-order valence-electron chi connectivity index (χ1n) is 6.68. The third-order valence-corrected chi connectivity index (χ3v) is 4.89. The molecule has 0 radical (unpaired) electrons. The lowest BCUT2D eigenvalue weighted by molar-refractivity contribution is 0.333. The fourth-order valence-electron chi connectivity index (χ4n) is 2.14. The highest BCUT2D eigenvalue weighted by molar-refractivity contribution is 7.89. The number of hydrogen-bond donors (Lipinski definition) is 1. The van der Waals surface area contributed by atoms with Crippen molar-refractivity contribution in [2.24, 2.45) is 11.8 Å². The number of aromatic nitrogens is 2. The molecule has 110 valence electrons. The van der Waals surface area contributed by atoms with Crippen molar-refractivity contribution in [1.29, 1.82) is 0 Å². The van der Waals surface area contributed by atoms with E-state index in [2.05, 4.69) is 10.2 Å². The second-order valence-electron chi connectivity index (χ2n) is 5.87. The molecule has 1 heterocycles. The van der Waals surface area contributed by atoms with E-state index >= 15 is 0 Å². The zero-order valence-electron chi connectivity index (χ0n) is 12.7. The highest BCUT2D eigenvalue weighted by Crippen LogP contribution is 2.23. The molecule has 1 rings (SSSR count). The lowest BCUT2D eigenvalue weighted by atomic mass is 10.2. The first-order valence-corrected chi connectivity index (χ1v) is 8.12. The van der Waals surface area contributed by atoms with Gasteiger partial charge >= 0.3 is 0 Å². The van der Waals surface area contributed by atoms with Crippen LogP contribution < -0.4 is 0 Å². The average molecular weight is 287 g/mol. The van der Waals surface area contributed by atoms with Crippen LogP contribution in [0.25, 0.3) is 0 Å². The Morgan fingerprint density at radius 2 is 1.58 bits per heavy atom. The molecule has 0 saturated heterocycles. The second kappa shape index (κ2) is 6.05. The number of sulfonamides is 1. The summed E-state index contributed by atoms with van der Waals surface area (Å²) in [6.07, 6.45) is 0. The summed E-state index contributed by atoms with van der Waals surface area (Å²) in [5.41, 5.74) is 1.14. The van der Waals surface area contributed by atoms with Crippen LogP contribution in [0.4, 0.5) is 0 Å². The summed E-state index contributed by atoms with van der Waals surface area (Å²) < 4.78 is 27.1. The number of aromatic amines is 1. The van der Waals surface area contributed by atoms with E-state index in [1.807, 2.05) is 27.7 Å². The lowest BCUT2D eigenvalue weighted by Crippen LogP contribution is -2.37. The zero-order chi connectivity index (χ0) is 14.8. The molecule has 0 atom stereocenters. The van der Waals surface area contributed by atoms with Crippen LogP contribution in [0.3, 0.4) is 0 Å². The predicted octanol–water partition coefficient (Wildman–Crippen LogP) is 2.33. The minimum Gasteiger partial charge on any atom is -0.281 e. The molecular formula is C13H25N3O2S. The summed E-state index contributed by atoms with van der Waals surface area (Å²) in [4.78, 5) is 0.328. The number of nitrogens with one attached hydrogen (secondary N) is 1. The molecule has 1 aromatic rings. The summed E-state index contributed by atoms with van der Waals surface area (Å²) in [7, 11) is -3.47. The van der Waals surface area contributed by atoms with Crippen molar-refractivity contribution in [3.63, 3.8) is 0 Å². The Morgan fingerprint density at radius 3 is 1.89 bits per heavy atom. The zero-order valence-corrected chi connectivity index (χ0v) is 13.5. The van der Waals surface area contributed by atoms with E-state index < -0.39 is 10.0 Å². The van der Waals surface area contributed by atoms with Crippen LogP contribution in [0.15, 0.2) is 4.90 Å². The third kappa shape index (κ3) is 3.79. The lowest BCUT2D eigenvalue weighted by Gasteiger charge is -2.25. The number of aryl methyl sites for hydroxylation is 2. The minimum absolute atomic E-state index is 0.293. The topological polar surface area (TPSA) is 66.1 Å². The number of rotatable bonds is 6. The van der Waals surface area contributed by atoms with Gasteiger partial charge in [0.2, 0.25) is 10.0 Å². The van der Waals surface area contributed by atoms with Gasteiger partial charge in [-0.3, -0.25) is 5.10 Å². The molecule has 0 unspecified atom stereocenters. The molecule has 5 nitrogen and oxygen atoms in total. The van der Waals surface area contributed by atoms with Gasteiger partial charge in [0.15, 0.2) is 0 Å². The second-order valence-corrected chi connectivity index (χ2v) is 7.75. The van der Waals surface area contributed by atoms with Gasteiger partial charge in [0, 0.05) is 13.1 Å². The van der Waals surface area contributed by atoms with Gasteiger partial charge in [0.05, 0.1) is 11.4 Å². The van der Waals surface area contributed by atoms with Gasteiger partial charge in [-0.1, -0.05) is 27.7 Å². The summed E-state index contributed by atoms with van der Waals surface area (Å²) in [6.45, 7) is 12.6. The molecule has 0 bridgehead atoms. The van der Waals surface area contributed by atoms with Crippen molar-refractivity contribution in [2.75, 3.05) is 13.1 Å². The van der Waals surface area contributed by atoms with Crippen LogP contribution in [0.2, 0.25) is 0 Å². The molecule has 0 saturated carbocycles. The van der Waals surface area contributed by atoms with E-state index in [-0.39, 0.29) is 0 Å². The van der Waals surface area contributed by atoms with Crippen LogP contribution in [0.5, 0.6) is 0 Å². The van der Waals surface area contributed by atoms with E-state index in [0.29, 0.717) is 41.2 Å². The molecule has 1 aromatic heterocycles. The van der Waals surface area contributed by atoms with E-state index in [9.17, 15) is 8.42 Å². The smallest absolute Gasteiger partial charge is 0.246 e. The molecular weight excluding hydrogens is 262 g/mol. The molecule has 0 fully saturated rings. The molecule has 0 spiro atoms. The summed E-state index contributed by atoms with van der Waals surface area (Å²) in [5, 5.41) is 6.74.